The van der Waals surface area contributed by atoms with Gasteiger partial charge in [0.25, 0.3) is 0 Å². The summed E-state index contributed by atoms with van der Waals surface area (Å²) in [5.74, 6) is 0.783. The Morgan fingerprint density at radius 1 is 1.42 bits per heavy atom. The van der Waals surface area contributed by atoms with Crippen LogP contribution in [0, 0.1) is 0 Å². The van der Waals surface area contributed by atoms with E-state index in [-0.39, 0.29) is 0 Å². The summed E-state index contributed by atoms with van der Waals surface area (Å²) in [6, 6.07) is 5.32. The number of hydrogen-bond acceptors (Lipinski definition) is 4. The summed E-state index contributed by atoms with van der Waals surface area (Å²) in [7, 11) is 0.0456. The topological polar surface area (TPSA) is 49.4 Å². The Hall–Kier alpha value is -0.0800. The highest BCUT2D eigenvalue weighted by atomic mass is 79.9. The zero-order valence-electron chi connectivity index (χ0n) is 11.3. The first-order chi connectivity index (χ1) is 8.93. The van der Waals surface area contributed by atoms with E-state index < -0.39 is 10.0 Å². The van der Waals surface area contributed by atoms with E-state index in [0.717, 1.165) is 11.3 Å². The third-order valence-electron chi connectivity index (χ3n) is 2.68. The maximum atomic E-state index is 12.4. The van der Waals surface area contributed by atoms with Crippen LogP contribution in [0.3, 0.4) is 0 Å². The lowest BCUT2D eigenvalue weighted by Crippen LogP contribution is -2.29. The Kier molecular flexibility index (Phi) is 6.82. The molecule has 0 heterocycles. The van der Waals surface area contributed by atoms with Crippen molar-refractivity contribution in [2.75, 3.05) is 32.6 Å². The molecule has 0 unspecified atom stereocenters. The van der Waals surface area contributed by atoms with Crippen molar-refractivity contribution in [2.24, 2.45) is 0 Å². The van der Waals surface area contributed by atoms with Crippen LogP contribution in [0.25, 0.3) is 0 Å². The van der Waals surface area contributed by atoms with E-state index in [4.69, 9.17) is 0 Å². The number of benzene rings is 1. The van der Waals surface area contributed by atoms with Gasteiger partial charge in [-0.2, -0.15) is 11.8 Å². The lowest BCUT2D eigenvalue weighted by atomic mass is 10.2. The summed E-state index contributed by atoms with van der Waals surface area (Å²) >= 11 is 4.98. The summed E-state index contributed by atoms with van der Waals surface area (Å²) in [5, 5.41) is 3.04. The van der Waals surface area contributed by atoms with Gasteiger partial charge in [-0.3, -0.25) is 0 Å². The molecule has 0 bridgehead atoms. The largest absolute Gasteiger partial charge is 0.316 e. The highest BCUT2D eigenvalue weighted by Gasteiger charge is 2.22. The van der Waals surface area contributed by atoms with Gasteiger partial charge in [-0.1, -0.05) is 6.07 Å². The predicted octanol–water partition coefficient (Wildman–Crippen LogP) is 2.15. The minimum Gasteiger partial charge on any atom is -0.316 e. The summed E-state index contributed by atoms with van der Waals surface area (Å²) in [6.07, 6.45) is 1.96. The molecule has 1 rings (SSSR count). The second-order valence-corrected chi connectivity index (χ2v) is 7.97. The molecule has 108 valence electrons. The van der Waals surface area contributed by atoms with Crippen LogP contribution in [-0.4, -0.2) is 45.4 Å². The number of halogens is 1. The molecular weight excluding hydrogens is 348 g/mol. The number of nitrogens with zero attached hydrogens (tertiary/aromatic N) is 1. The van der Waals surface area contributed by atoms with Crippen molar-refractivity contribution in [3.63, 3.8) is 0 Å². The number of rotatable bonds is 7. The van der Waals surface area contributed by atoms with Gasteiger partial charge in [0, 0.05) is 30.4 Å². The average Bonchev–Trinajstić information content (AvgIpc) is 2.36. The molecule has 0 aromatic heterocycles. The Balaban J connectivity index is 3.01. The fourth-order valence-electron chi connectivity index (χ4n) is 1.58. The molecule has 19 heavy (non-hydrogen) atoms. The molecule has 0 saturated carbocycles. The summed E-state index contributed by atoms with van der Waals surface area (Å²) in [5.41, 5.74) is 1.04. The zero-order chi connectivity index (χ0) is 14.5. The molecule has 1 aromatic carbocycles. The molecule has 0 atom stereocenters. The van der Waals surface area contributed by atoms with Crippen molar-refractivity contribution in [1.29, 1.82) is 0 Å². The minimum atomic E-state index is -3.42. The first-order valence-electron chi connectivity index (χ1n) is 5.81. The molecule has 0 aliphatic carbocycles. The van der Waals surface area contributed by atoms with Gasteiger partial charge < -0.3 is 5.32 Å². The van der Waals surface area contributed by atoms with Crippen molar-refractivity contribution in [2.45, 2.75) is 11.4 Å². The van der Waals surface area contributed by atoms with Gasteiger partial charge in [-0.25, -0.2) is 12.7 Å². The number of sulfonamides is 1. The number of thioether (sulfide) groups is 1. The second-order valence-electron chi connectivity index (χ2n) is 4.11. The molecule has 1 N–H and O–H groups in total. The molecule has 0 saturated heterocycles. The standard InChI is InChI=1S/C12H19BrN2O2S2/c1-14-9-10-4-5-12(11(13)8-10)19(16,17)15(2)6-7-18-3/h4-5,8,14H,6-7,9H2,1-3H3. The van der Waals surface area contributed by atoms with Crippen molar-refractivity contribution in [3.05, 3.63) is 28.2 Å². The van der Waals surface area contributed by atoms with Crippen molar-refractivity contribution >= 4 is 37.7 Å². The van der Waals surface area contributed by atoms with Crippen LogP contribution in [0.4, 0.5) is 0 Å². The van der Waals surface area contributed by atoms with Crippen LogP contribution in [-0.2, 0) is 16.6 Å². The maximum absolute atomic E-state index is 12.4. The van der Waals surface area contributed by atoms with Crippen LogP contribution in [0.1, 0.15) is 5.56 Å². The summed E-state index contributed by atoms with van der Waals surface area (Å²) in [4.78, 5) is 0.316. The number of nitrogens with one attached hydrogen (secondary N) is 1. The molecule has 7 heteroatoms. The van der Waals surface area contributed by atoms with Gasteiger partial charge in [0.15, 0.2) is 0 Å². The first kappa shape index (κ1) is 17.0. The number of hydrogen-bond donors (Lipinski definition) is 1. The molecule has 1 aromatic rings. The van der Waals surface area contributed by atoms with Gasteiger partial charge >= 0.3 is 0 Å². The lowest BCUT2D eigenvalue weighted by Gasteiger charge is -2.18. The monoisotopic (exact) mass is 366 g/mol. The molecule has 0 radical (unpaired) electrons. The highest BCUT2D eigenvalue weighted by molar-refractivity contribution is 9.10. The summed E-state index contributed by atoms with van der Waals surface area (Å²) in [6.45, 7) is 1.22. The molecule has 0 amide bonds. The Labute approximate surface area is 128 Å². The third-order valence-corrected chi connectivity index (χ3v) is 6.10. The smallest absolute Gasteiger partial charge is 0.243 e. The van der Waals surface area contributed by atoms with Gasteiger partial charge in [-0.15, -0.1) is 0 Å². The quantitative estimate of drug-likeness (QED) is 0.803. The molecular formula is C12H19BrN2O2S2. The van der Waals surface area contributed by atoms with E-state index in [9.17, 15) is 8.42 Å². The second kappa shape index (κ2) is 7.64. The van der Waals surface area contributed by atoms with Gasteiger partial charge in [-0.05, 0) is 46.9 Å². The van der Waals surface area contributed by atoms with E-state index in [1.165, 1.54) is 4.31 Å². The van der Waals surface area contributed by atoms with Gasteiger partial charge in [0.2, 0.25) is 10.0 Å². The summed E-state index contributed by atoms with van der Waals surface area (Å²) < 4.78 is 26.8. The van der Waals surface area contributed by atoms with E-state index in [0.29, 0.717) is 22.5 Å². The normalized spacial score (nSPS) is 12.1. The lowest BCUT2D eigenvalue weighted by molar-refractivity contribution is 0.488. The van der Waals surface area contributed by atoms with E-state index >= 15 is 0 Å². The SMILES string of the molecule is CNCc1ccc(S(=O)(=O)N(C)CCSC)c(Br)c1. The van der Waals surface area contributed by atoms with Crippen molar-refractivity contribution < 1.29 is 8.42 Å². The van der Waals surface area contributed by atoms with Crippen LogP contribution >= 0.6 is 27.7 Å². The Morgan fingerprint density at radius 2 is 2.11 bits per heavy atom. The first-order valence-corrected chi connectivity index (χ1v) is 9.44. The van der Waals surface area contributed by atoms with Gasteiger partial charge in [0.05, 0.1) is 4.90 Å². The highest BCUT2D eigenvalue weighted by Crippen LogP contribution is 2.25. The van der Waals surface area contributed by atoms with Gasteiger partial charge in [0.1, 0.15) is 0 Å². The van der Waals surface area contributed by atoms with E-state index in [1.54, 1.807) is 24.9 Å². The molecule has 0 aliphatic heterocycles. The van der Waals surface area contributed by atoms with Crippen LogP contribution in [0.15, 0.2) is 27.6 Å². The molecule has 0 aliphatic rings. The Bertz CT molecular complexity index is 520. The molecule has 0 spiro atoms. The Morgan fingerprint density at radius 3 is 2.63 bits per heavy atom. The fourth-order valence-corrected chi connectivity index (χ4v) is 4.40. The van der Waals surface area contributed by atoms with Crippen LogP contribution in [0.2, 0.25) is 0 Å². The third kappa shape index (κ3) is 4.46. The minimum absolute atomic E-state index is 0.316. The van der Waals surface area contributed by atoms with Crippen molar-refractivity contribution in [1.82, 2.24) is 9.62 Å². The van der Waals surface area contributed by atoms with Crippen molar-refractivity contribution in [3.8, 4) is 0 Å². The maximum Gasteiger partial charge on any atom is 0.243 e. The molecule has 0 fully saturated rings. The zero-order valence-corrected chi connectivity index (χ0v) is 14.5. The fraction of sp³-hybridized carbons (Fsp3) is 0.500. The van der Waals surface area contributed by atoms with E-state index in [2.05, 4.69) is 21.2 Å². The van der Waals surface area contributed by atoms with Crippen LogP contribution in [0.5, 0.6) is 0 Å². The van der Waals surface area contributed by atoms with Crippen LogP contribution < -0.4 is 5.32 Å². The molecule has 4 nitrogen and oxygen atoms in total. The average molecular weight is 367 g/mol. The van der Waals surface area contributed by atoms with E-state index in [1.807, 2.05) is 25.4 Å². The predicted molar refractivity (Wildman–Crippen MR) is 85.1 cm³/mol.